The van der Waals surface area contributed by atoms with E-state index in [1.54, 1.807) is 0 Å². The summed E-state index contributed by atoms with van der Waals surface area (Å²) in [6, 6.07) is 0. The minimum absolute atomic E-state index is 0.219. The van der Waals surface area contributed by atoms with Gasteiger partial charge in [0.15, 0.2) is 0 Å². The van der Waals surface area contributed by atoms with Gasteiger partial charge in [-0.2, -0.15) is 0 Å². The van der Waals surface area contributed by atoms with Crippen LogP contribution in [0, 0.1) is 11.8 Å². The van der Waals surface area contributed by atoms with Crippen molar-refractivity contribution in [3.8, 4) is 0 Å². The van der Waals surface area contributed by atoms with E-state index in [0.29, 0.717) is 18.3 Å². The van der Waals surface area contributed by atoms with Crippen LogP contribution in [0.4, 0.5) is 0 Å². The van der Waals surface area contributed by atoms with Crippen molar-refractivity contribution in [1.29, 1.82) is 0 Å². The predicted octanol–water partition coefficient (Wildman–Crippen LogP) is 1.17. The molecule has 0 radical (unpaired) electrons. The third-order valence-corrected chi connectivity index (χ3v) is 1.99. The number of hydrogen-bond acceptors (Lipinski definition) is 1. The first-order valence-electron chi connectivity index (χ1n) is 3.95. The van der Waals surface area contributed by atoms with Gasteiger partial charge in [-0.25, -0.2) is 0 Å². The molecule has 0 aromatic heterocycles. The fraction of sp³-hybridized carbons (Fsp3) is 0.875. The molecular formula is C8H15NO. The van der Waals surface area contributed by atoms with Gasteiger partial charge in [-0.1, -0.05) is 13.8 Å². The smallest absolute Gasteiger partial charge is 0.220 e. The first-order valence-corrected chi connectivity index (χ1v) is 3.95. The van der Waals surface area contributed by atoms with Crippen molar-refractivity contribution in [3.63, 3.8) is 0 Å². The van der Waals surface area contributed by atoms with E-state index in [2.05, 4.69) is 19.2 Å². The van der Waals surface area contributed by atoms with Crippen molar-refractivity contribution < 1.29 is 4.79 Å². The molecule has 0 aromatic carbocycles. The van der Waals surface area contributed by atoms with Crippen LogP contribution in [0.25, 0.3) is 0 Å². The molecule has 0 saturated carbocycles. The average Bonchev–Trinajstić information content (AvgIpc) is 1.93. The lowest BCUT2D eigenvalue weighted by atomic mass is 9.97. The zero-order valence-electron chi connectivity index (χ0n) is 6.68. The lowest BCUT2D eigenvalue weighted by Crippen LogP contribution is -2.24. The highest BCUT2D eigenvalue weighted by Crippen LogP contribution is 2.17. The second-order valence-corrected chi connectivity index (χ2v) is 3.45. The van der Waals surface area contributed by atoms with Crippen molar-refractivity contribution in [2.24, 2.45) is 11.8 Å². The molecule has 58 valence electrons. The number of carbonyl (C=O) groups excluding carboxylic acids is 1. The van der Waals surface area contributed by atoms with Crippen LogP contribution < -0.4 is 5.32 Å². The predicted molar refractivity (Wildman–Crippen MR) is 40.6 cm³/mol. The maximum absolute atomic E-state index is 10.9. The number of rotatable bonds is 0. The number of amides is 1. The summed E-state index contributed by atoms with van der Waals surface area (Å²) in [5.74, 6) is 1.44. The average molecular weight is 141 g/mol. The highest BCUT2D eigenvalue weighted by molar-refractivity contribution is 5.76. The van der Waals surface area contributed by atoms with E-state index in [9.17, 15) is 4.79 Å². The summed E-state index contributed by atoms with van der Waals surface area (Å²) in [4.78, 5) is 10.9. The van der Waals surface area contributed by atoms with Gasteiger partial charge in [0.05, 0.1) is 0 Å². The second kappa shape index (κ2) is 3.04. The van der Waals surface area contributed by atoms with Crippen LogP contribution in [0.3, 0.4) is 0 Å². The molecule has 1 rings (SSSR count). The molecule has 2 nitrogen and oxygen atoms in total. The summed E-state index contributed by atoms with van der Waals surface area (Å²) in [5.41, 5.74) is 0. The van der Waals surface area contributed by atoms with Gasteiger partial charge in [0, 0.05) is 13.0 Å². The summed E-state index contributed by atoms with van der Waals surface area (Å²) >= 11 is 0. The zero-order valence-corrected chi connectivity index (χ0v) is 6.68. The molecule has 1 amide bonds. The molecule has 2 atom stereocenters. The van der Waals surface area contributed by atoms with Crippen LogP contribution in [0.5, 0.6) is 0 Å². The Labute approximate surface area is 62.0 Å². The van der Waals surface area contributed by atoms with E-state index in [4.69, 9.17) is 0 Å². The summed E-state index contributed by atoms with van der Waals surface area (Å²) in [7, 11) is 0. The number of carbonyl (C=O) groups is 1. The fourth-order valence-electron chi connectivity index (χ4n) is 1.53. The third-order valence-electron chi connectivity index (χ3n) is 1.99. The molecule has 1 aliphatic rings. The summed E-state index contributed by atoms with van der Waals surface area (Å²) < 4.78 is 0. The normalized spacial score (nSPS) is 34.8. The monoisotopic (exact) mass is 141 g/mol. The van der Waals surface area contributed by atoms with Gasteiger partial charge >= 0.3 is 0 Å². The Bertz CT molecular complexity index is 133. The molecule has 2 heteroatoms. The van der Waals surface area contributed by atoms with E-state index in [1.807, 2.05) is 0 Å². The molecule has 0 aromatic rings. The van der Waals surface area contributed by atoms with Gasteiger partial charge in [0.1, 0.15) is 0 Å². The van der Waals surface area contributed by atoms with Crippen molar-refractivity contribution in [2.75, 3.05) is 6.54 Å². The van der Waals surface area contributed by atoms with Gasteiger partial charge in [-0.15, -0.1) is 0 Å². The van der Waals surface area contributed by atoms with Crippen molar-refractivity contribution in [2.45, 2.75) is 26.7 Å². The largest absolute Gasteiger partial charge is 0.356 e. The fourth-order valence-corrected chi connectivity index (χ4v) is 1.53. The van der Waals surface area contributed by atoms with E-state index in [1.165, 1.54) is 6.42 Å². The molecule has 1 aliphatic heterocycles. The summed E-state index contributed by atoms with van der Waals surface area (Å²) in [5, 5.41) is 2.89. The quantitative estimate of drug-likeness (QED) is 0.539. The Balaban J connectivity index is 2.46. The highest BCUT2D eigenvalue weighted by atomic mass is 16.1. The molecule has 1 fully saturated rings. The van der Waals surface area contributed by atoms with Crippen LogP contribution in [-0.4, -0.2) is 12.5 Å². The molecule has 1 saturated heterocycles. The van der Waals surface area contributed by atoms with Gasteiger partial charge in [-0.3, -0.25) is 4.79 Å². The van der Waals surface area contributed by atoms with Gasteiger partial charge < -0.3 is 5.32 Å². The standard InChI is InChI=1S/C8H15NO/c1-6-3-7(2)5-9-8(10)4-6/h6-7H,3-5H2,1-2H3,(H,9,10)/t6-,7-/m0/s1. The van der Waals surface area contributed by atoms with Crippen LogP contribution >= 0.6 is 0 Å². The lowest BCUT2D eigenvalue weighted by molar-refractivity contribution is -0.121. The van der Waals surface area contributed by atoms with Crippen LogP contribution in [0.2, 0.25) is 0 Å². The molecular weight excluding hydrogens is 126 g/mol. The maximum atomic E-state index is 10.9. The molecule has 0 spiro atoms. The van der Waals surface area contributed by atoms with Gasteiger partial charge in [0.2, 0.25) is 5.91 Å². The molecule has 1 N–H and O–H groups in total. The van der Waals surface area contributed by atoms with E-state index in [-0.39, 0.29) is 5.91 Å². The molecule has 0 unspecified atom stereocenters. The number of hydrogen-bond donors (Lipinski definition) is 1. The third kappa shape index (κ3) is 2.01. The molecule has 0 bridgehead atoms. The Kier molecular flexibility index (Phi) is 2.30. The van der Waals surface area contributed by atoms with E-state index >= 15 is 0 Å². The highest BCUT2D eigenvalue weighted by Gasteiger charge is 2.17. The minimum atomic E-state index is 0.219. The van der Waals surface area contributed by atoms with Gasteiger partial charge in [-0.05, 0) is 18.3 Å². The Hall–Kier alpha value is -0.530. The molecule has 10 heavy (non-hydrogen) atoms. The Morgan fingerprint density at radius 3 is 2.80 bits per heavy atom. The summed E-state index contributed by atoms with van der Waals surface area (Å²) in [6.07, 6.45) is 1.89. The van der Waals surface area contributed by atoms with Crippen molar-refractivity contribution in [1.82, 2.24) is 5.32 Å². The Morgan fingerprint density at radius 2 is 2.10 bits per heavy atom. The molecule has 1 heterocycles. The van der Waals surface area contributed by atoms with Crippen LogP contribution in [0.1, 0.15) is 26.7 Å². The lowest BCUT2D eigenvalue weighted by Gasteiger charge is -2.08. The first kappa shape index (κ1) is 7.58. The maximum Gasteiger partial charge on any atom is 0.220 e. The van der Waals surface area contributed by atoms with Crippen LogP contribution in [0.15, 0.2) is 0 Å². The minimum Gasteiger partial charge on any atom is -0.356 e. The topological polar surface area (TPSA) is 29.1 Å². The SMILES string of the molecule is C[C@@H]1CNC(=O)C[C@@H](C)C1. The summed E-state index contributed by atoms with van der Waals surface area (Å²) in [6.45, 7) is 5.19. The Morgan fingerprint density at radius 1 is 1.40 bits per heavy atom. The van der Waals surface area contributed by atoms with E-state index in [0.717, 1.165) is 6.54 Å². The van der Waals surface area contributed by atoms with Crippen molar-refractivity contribution >= 4 is 5.91 Å². The first-order chi connectivity index (χ1) is 4.68. The zero-order chi connectivity index (χ0) is 7.56. The van der Waals surface area contributed by atoms with E-state index < -0.39 is 0 Å². The van der Waals surface area contributed by atoms with Crippen molar-refractivity contribution in [3.05, 3.63) is 0 Å². The van der Waals surface area contributed by atoms with Crippen LogP contribution in [-0.2, 0) is 4.79 Å². The second-order valence-electron chi connectivity index (χ2n) is 3.45. The number of nitrogens with one attached hydrogen (secondary N) is 1. The molecule has 0 aliphatic carbocycles. The van der Waals surface area contributed by atoms with Gasteiger partial charge in [0.25, 0.3) is 0 Å².